The van der Waals surface area contributed by atoms with E-state index in [1.165, 1.54) is 18.4 Å². The molecule has 1 aromatic heterocycles. The van der Waals surface area contributed by atoms with Gasteiger partial charge < -0.3 is 14.5 Å². The number of nitrogens with zero attached hydrogens (tertiary/aromatic N) is 3. The molecule has 28 heavy (non-hydrogen) atoms. The van der Waals surface area contributed by atoms with Crippen molar-refractivity contribution in [2.24, 2.45) is 11.3 Å². The number of methoxy groups -OCH3 is 1. The van der Waals surface area contributed by atoms with Gasteiger partial charge in [0, 0.05) is 31.9 Å². The fraction of sp³-hybridized carbons (Fsp3) is 0.682. The molecule has 0 aromatic carbocycles. The van der Waals surface area contributed by atoms with Crippen molar-refractivity contribution < 1.29 is 14.3 Å². The van der Waals surface area contributed by atoms with E-state index in [9.17, 15) is 9.59 Å². The Kier molecular flexibility index (Phi) is 4.33. The number of piperidine rings is 1. The largest absolute Gasteiger partial charge is 0.480 e. The molecule has 0 radical (unpaired) electrons. The van der Waals surface area contributed by atoms with E-state index in [1.54, 1.807) is 7.11 Å². The first-order valence-electron chi connectivity index (χ1n) is 10.7. The predicted octanol–water partition coefficient (Wildman–Crippen LogP) is 2.44. The normalized spacial score (nSPS) is 26.8. The Bertz CT molecular complexity index is 819. The molecule has 1 spiro atoms. The Morgan fingerprint density at radius 1 is 1.25 bits per heavy atom. The summed E-state index contributed by atoms with van der Waals surface area (Å²) >= 11 is 0. The quantitative estimate of drug-likeness (QED) is 0.801. The molecule has 3 heterocycles. The van der Waals surface area contributed by atoms with Crippen LogP contribution in [0.25, 0.3) is 0 Å². The zero-order valence-corrected chi connectivity index (χ0v) is 16.7. The van der Waals surface area contributed by atoms with Crippen LogP contribution in [-0.2, 0) is 17.6 Å². The van der Waals surface area contributed by atoms with Crippen LogP contribution in [0.5, 0.6) is 5.88 Å². The monoisotopic (exact) mass is 383 g/mol. The van der Waals surface area contributed by atoms with Gasteiger partial charge in [0.2, 0.25) is 11.8 Å². The number of hydrogen-bond donors (Lipinski definition) is 0. The summed E-state index contributed by atoms with van der Waals surface area (Å²) in [6, 6.07) is 1.98. The summed E-state index contributed by atoms with van der Waals surface area (Å²) < 4.78 is 5.44. The molecule has 0 bridgehead atoms. The summed E-state index contributed by atoms with van der Waals surface area (Å²) in [6.45, 7) is 2.97. The lowest BCUT2D eigenvalue weighted by Gasteiger charge is -2.39. The van der Waals surface area contributed by atoms with Crippen LogP contribution in [0, 0.1) is 11.3 Å². The number of amides is 2. The number of aryl methyl sites for hydroxylation is 2. The molecule has 2 saturated heterocycles. The van der Waals surface area contributed by atoms with Crippen molar-refractivity contribution in [3.63, 3.8) is 0 Å². The molecule has 2 amide bonds. The fourth-order valence-electron chi connectivity index (χ4n) is 5.30. The summed E-state index contributed by atoms with van der Waals surface area (Å²) in [7, 11) is 1.58. The minimum absolute atomic E-state index is 0.0389. The second-order valence-electron chi connectivity index (χ2n) is 9.06. The molecule has 150 valence electrons. The molecule has 1 saturated carbocycles. The fourth-order valence-corrected chi connectivity index (χ4v) is 5.30. The average Bonchev–Trinajstić information content (AvgIpc) is 3.24. The number of carbonyl (C=O) groups excluding carboxylic acids is 2. The van der Waals surface area contributed by atoms with Crippen molar-refractivity contribution in [3.05, 3.63) is 22.9 Å². The van der Waals surface area contributed by atoms with E-state index in [4.69, 9.17) is 4.74 Å². The number of carbonyl (C=O) groups is 2. The van der Waals surface area contributed by atoms with Crippen molar-refractivity contribution in [3.8, 4) is 5.88 Å². The molecule has 2 aliphatic heterocycles. The van der Waals surface area contributed by atoms with E-state index in [-0.39, 0.29) is 17.2 Å². The van der Waals surface area contributed by atoms with Crippen molar-refractivity contribution >= 4 is 11.8 Å². The number of rotatable bonds is 4. The third-order valence-electron chi connectivity index (χ3n) is 7.08. The molecule has 3 fully saturated rings. The van der Waals surface area contributed by atoms with E-state index in [2.05, 4.69) is 9.88 Å². The van der Waals surface area contributed by atoms with Crippen LogP contribution in [0.2, 0.25) is 0 Å². The van der Waals surface area contributed by atoms with Crippen LogP contribution in [-0.4, -0.2) is 59.9 Å². The Hall–Kier alpha value is -2.11. The van der Waals surface area contributed by atoms with Gasteiger partial charge in [-0.2, -0.15) is 0 Å². The average molecular weight is 383 g/mol. The van der Waals surface area contributed by atoms with E-state index >= 15 is 0 Å². The lowest BCUT2D eigenvalue weighted by Crippen LogP contribution is -2.51. The lowest BCUT2D eigenvalue weighted by molar-refractivity contribution is -0.145. The van der Waals surface area contributed by atoms with Gasteiger partial charge in [0.1, 0.15) is 5.56 Å². The van der Waals surface area contributed by atoms with Crippen molar-refractivity contribution in [1.82, 2.24) is 14.8 Å². The Morgan fingerprint density at radius 3 is 2.89 bits per heavy atom. The molecule has 1 atom stereocenters. The summed E-state index contributed by atoms with van der Waals surface area (Å²) in [4.78, 5) is 35.1. The highest BCUT2D eigenvalue weighted by molar-refractivity contribution is 5.97. The second kappa shape index (κ2) is 6.75. The molecule has 2 aliphatic carbocycles. The molecule has 4 aliphatic rings. The van der Waals surface area contributed by atoms with Crippen LogP contribution >= 0.6 is 0 Å². The first-order valence-corrected chi connectivity index (χ1v) is 10.7. The summed E-state index contributed by atoms with van der Waals surface area (Å²) in [5, 5.41) is 0. The van der Waals surface area contributed by atoms with E-state index in [0.717, 1.165) is 57.3 Å². The van der Waals surface area contributed by atoms with Crippen molar-refractivity contribution in [1.29, 1.82) is 0 Å². The first kappa shape index (κ1) is 18.0. The van der Waals surface area contributed by atoms with Gasteiger partial charge in [0.25, 0.3) is 5.91 Å². The summed E-state index contributed by atoms with van der Waals surface area (Å²) in [5.41, 5.74) is 2.41. The highest BCUT2D eigenvalue weighted by Crippen LogP contribution is 2.42. The Morgan fingerprint density at radius 2 is 2.11 bits per heavy atom. The molecule has 1 aromatic rings. The molecular formula is C22H29N3O3. The number of aromatic nitrogens is 1. The number of fused-ring (bicyclic) bond motifs is 1. The number of hydrogen-bond acceptors (Lipinski definition) is 4. The van der Waals surface area contributed by atoms with Crippen LogP contribution < -0.4 is 4.74 Å². The topological polar surface area (TPSA) is 62.7 Å². The predicted molar refractivity (Wildman–Crippen MR) is 104 cm³/mol. The Labute approximate surface area is 166 Å². The van der Waals surface area contributed by atoms with Gasteiger partial charge in [0.05, 0.1) is 12.5 Å². The summed E-state index contributed by atoms with van der Waals surface area (Å²) in [5.74, 6) is 1.37. The standard InChI is InChI=1S/C22H29N3O3/c1-28-19-17(12-16-4-2-5-18(16)23-19)20(26)25-11-9-22(14-25)8-3-10-24(21(22)27)13-15-6-7-15/h12,15H,2-11,13-14H2,1H3. The maximum atomic E-state index is 13.3. The molecule has 6 heteroatoms. The first-order chi connectivity index (χ1) is 13.6. The molecular weight excluding hydrogens is 354 g/mol. The van der Waals surface area contributed by atoms with Gasteiger partial charge in [0.15, 0.2) is 0 Å². The van der Waals surface area contributed by atoms with Crippen LogP contribution in [0.4, 0.5) is 0 Å². The zero-order valence-electron chi connectivity index (χ0n) is 16.7. The van der Waals surface area contributed by atoms with Gasteiger partial charge in [-0.25, -0.2) is 4.98 Å². The van der Waals surface area contributed by atoms with Gasteiger partial charge >= 0.3 is 0 Å². The van der Waals surface area contributed by atoms with Gasteiger partial charge in [-0.1, -0.05) is 0 Å². The number of ether oxygens (including phenoxy) is 1. The highest BCUT2D eigenvalue weighted by atomic mass is 16.5. The lowest BCUT2D eigenvalue weighted by atomic mass is 9.78. The Balaban J connectivity index is 1.35. The molecule has 6 nitrogen and oxygen atoms in total. The van der Waals surface area contributed by atoms with Crippen molar-refractivity contribution in [2.75, 3.05) is 33.3 Å². The number of pyridine rings is 1. The van der Waals surface area contributed by atoms with E-state index < -0.39 is 0 Å². The minimum Gasteiger partial charge on any atom is -0.480 e. The maximum Gasteiger partial charge on any atom is 0.259 e. The SMILES string of the molecule is COc1nc2c(cc1C(=O)N1CCC3(CCCN(CC4CC4)C3=O)C1)CCC2. The van der Waals surface area contributed by atoms with Gasteiger partial charge in [-0.15, -0.1) is 0 Å². The number of likely N-dealkylation sites (tertiary alicyclic amines) is 2. The van der Waals surface area contributed by atoms with Gasteiger partial charge in [-0.3, -0.25) is 9.59 Å². The third-order valence-corrected chi connectivity index (χ3v) is 7.08. The van der Waals surface area contributed by atoms with Crippen LogP contribution in [0.15, 0.2) is 6.07 Å². The third kappa shape index (κ3) is 2.97. The van der Waals surface area contributed by atoms with Crippen molar-refractivity contribution in [2.45, 2.75) is 51.4 Å². The van der Waals surface area contributed by atoms with E-state index in [0.29, 0.717) is 30.5 Å². The molecule has 0 N–H and O–H groups in total. The molecule has 1 unspecified atom stereocenters. The summed E-state index contributed by atoms with van der Waals surface area (Å²) in [6.07, 6.45) is 8.25. The maximum absolute atomic E-state index is 13.3. The van der Waals surface area contributed by atoms with E-state index in [1.807, 2.05) is 11.0 Å². The van der Waals surface area contributed by atoms with Crippen LogP contribution in [0.1, 0.15) is 60.1 Å². The van der Waals surface area contributed by atoms with Gasteiger partial charge in [-0.05, 0) is 68.9 Å². The molecule has 5 rings (SSSR count). The smallest absolute Gasteiger partial charge is 0.259 e. The minimum atomic E-state index is -0.375. The van der Waals surface area contributed by atoms with Crippen LogP contribution in [0.3, 0.4) is 0 Å². The second-order valence-corrected chi connectivity index (χ2v) is 9.06. The zero-order chi connectivity index (χ0) is 19.3. The highest BCUT2D eigenvalue weighted by Gasteiger charge is 2.50.